The van der Waals surface area contributed by atoms with E-state index in [4.69, 9.17) is 4.74 Å². The molecule has 17 heavy (non-hydrogen) atoms. The molecule has 1 atom stereocenters. The van der Waals surface area contributed by atoms with E-state index in [1.54, 1.807) is 0 Å². The SMILES string of the molecule is CNC(C1=CCCCO1)c1cccc(Br)c1C. The molecule has 0 amide bonds. The highest BCUT2D eigenvalue weighted by Gasteiger charge is 2.20. The highest BCUT2D eigenvalue weighted by Crippen LogP contribution is 2.30. The van der Waals surface area contributed by atoms with Crippen LogP contribution in [-0.4, -0.2) is 13.7 Å². The van der Waals surface area contributed by atoms with Crippen LogP contribution >= 0.6 is 15.9 Å². The number of likely N-dealkylation sites (N-methyl/N-ethyl adjacent to an activating group) is 1. The van der Waals surface area contributed by atoms with E-state index in [9.17, 15) is 0 Å². The average molecular weight is 296 g/mol. The van der Waals surface area contributed by atoms with Crippen LogP contribution in [0.5, 0.6) is 0 Å². The maximum Gasteiger partial charge on any atom is 0.113 e. The topological polar surface area (TPSA) is 21.3 Å². The molecule has 0 aliphatic carbocycles. The standard InChI is InChI=1S/C14H18BrNO/c1-10-11(6-5-7-12(10)15)14(16-2)13-8-3-4-9-17-13/h5-8,14,16H,3-4,9H2,1-2H3. The predicted octanol–water partition coefficient (Wildman–Crippen LogP) is 3.71. The zero-order valence-electron chi connectivity index (χ0n) is 10.3. The summed E-state index contributed by atoms with van der Waals surface area (Å²) in [5.74, 6) is 1.06. The van der Waals surface area contributed by atoms with Crippen molar-refractivity contribution >= 4 is 15.9 Å². The van der Waals surface area contributed by atoms with Crippen molar-refractivity contribution in [3.63, 3.8) is 0 Å². The van der Waals surface area contributed by atoms with E-state index in [-0.39, 0.29) is 6.04 Å². The van der Waals surface area contributed by atoms with Crippen LogP contribution in [0.15, 0.2) is 34.5 Å². The van der Waals surface area contributed by atoms with Crippen molar-refractivity contribution in [2.75, 3.05) is 13.7 Å². The summed E-state index contributed by atoms with van der Waals surface area (Å²) in [4.78, 5) is 0. The highest BCUT2D eigenvalue weighted by molar-refractivity contribution is 9.10. The fraction of sp³-hybridized carbons (Fsp3) is 0.429. The van der Waals surface area contributed by atoms with Crippen molar-refractivity contribution in [3.8, 4) is 0 Å². The summed E-state index contributed by atoms with van der Waals surface area (Å²) in [6, 6.07) is 6.45. The maximum atomic E-state index is 5.76. The van der Waals surface area contributed by atoms with Gasteiger partial charge in [-0.1, -0.05) is 28.1 Å². The Morgan fingerprint density at radius 1 is 1.41 bits per heavy atom. The molecule has 0 radical (unpaired) electrons. The lowest BCUT2D eigenvalue weighted by molar-refractivity contribution is 0.169. The second-order valence-electron chi connectivity index (χ2n) is 4.27. The molecule has 1 aromatic rings. The molecule has 0 saturated heterocycles. The first-order valence-corrected chi connectivity index (χ1v) is 6.78. The third-order valence-corrected chi connectivity index (χ3v) is 4.02. The molecule has 1 aromatic carbocycles. The molecule has 92 valence electrons. The summed E-state index contributed by atoms with van der Waals surface area (Å²) in [5.41, 5.74) is 2.54. The van der Waals surface area contributed by atoms with Gasteiger partial charge >= 0.3 is 0 Å². The minimum Gasteiger partial charge on any atom is -0.496 e. The van der Waals surface area contributed by atoms with E-state index >= 15 is 0 Å². The zero-order valence-corrected chi connectivity index (χ0v) is 11.9. The third kappa shape index (κ3) is 2.72. The molecule has 0 aromatic heterocycles. The van der Waals surface area contributed by atoms with Gasteiger partial charge in [-0.15, -0.1) is 0 Å². The van der Waals surface area contributed by atoms with E-state index in [0.717, 1.165) is 29.7 Å². The van der Waals surface area contributed by atoms with Crippen LogP contribution in [-0.2, 0) is 4.74 Å². The van der Waals surface area contributed by atoms with Gasteiger partial charge in [0.2, 0.25) is 0 Å². The molecule has 0 saturated carbocycles. The van der Waals surface area contributed by atoms with Crippen molar-refractivity contribution in [1.82, 2.24) is 5.32 Å². The number of hydrogen-bond donors (Lipinski definition) is 1. The summed E-state index contributed by atoms with van der Waals surface area (Å²) in [7, 11) is 1.98. The monoisotopic (exact) mass is 295 g/mol. The molecule has 1 unspecified atom stereocenters. The summed E-state index contributed by atoms with van der Waals surface area (Å²) in [6.45, 7) is 2.96. The van der Waals surface area contributed by atoms with Crippen molar-refractivity contribution in [3.05, 3.63) is 45.6 Å². The Morgan fingerprint density at radius 3 is 2.88 bits per heavy atom. The number of hydrogen-bond acceptors (Lipinski definition) is 2. The fourth-order valence-corrected chi connectivity index (χ4v) is 2.55. The van der Waals surface area contributed by atoms with Crippen LogP contribution in [0, 0.1) is 6.92 Å². The average Bonchev–Trinajstić information content (AvgIpc) is 2.37. The van der Waals surface area contributed by atoms with Crippen molar-refractivity contribution in [1.29, 1.82) is 0 Å². The van der Waals surface area contributed by atoms with Crippen LogP contribution in [0.2, 0.25) is 0 Å². The van der Waals surface area contributed by atoms with Crippen molar-refractivity contribution < 1.29 is 4.74 Å². The number of allylic oxidation sites excluding steroid dienone is 1. The molecule has 1 N–H and O–H groups in total. The zero-order chi connectivity index (χ0) is 12.3. The van der Waals surface area contributed by atoms with Gasteiger partial charge in [-0.25, -0.2) is 0 Å². The minimum atomic E-state index is 0.160. The van der Waals surface area contributed by atoms with E-state index in [2.05, 4.69) is 52.4 Å². The smallest absolute Gasteiger partial charge is 0.113 e. The molecule has 0 fully saturated rings. The largest absolute Gasteiger partial charge is 0.496 e. The molecule has 0 spiro atoms. The van der Waals surface area contributed by atoms with Gasteiger partial charge in [0.15, 0.2) is 0 Å². The Morgan fingerprint density at radius 2 is 2.24 bits per heavy atom. The van der Waals surface area contributed by atoms with Gasteiger partial charge in [0.05, 0.1) is 12.6 Å². The normalized spacial score (nSPS) is 17.2. The first-order valence-electron chi connectivity index (χ1n) is 5.99. The molecule has 1 aliphatic rings. The first kappa shape index (κ1) is 12.7. The van der Waals surface area contributed by atoms with Gasteiger partial charge in [-0.3, -0.25) is 0 Å². The number of benzene rings is 1. The second kappa shape index (κ2) is 5.69. The Balaban J connectivity index is 2.34. The molecule has 3 heteroatoms. The van der Waals surface area contributed by atoms with Crippen LogP contribution in [0.4, 0.5) is 0 Å². The van der Waals surface area contributed by atoms with Gasteiger partial charge in [-0.2, -0.15) is 0 Å². The molecule has 0 bridgehead atoms. The molecule has 2 nitrogen and oxygen atoms in total. The lowest BCUT2D eigenvalue weighted by Gasteiger charge is -2.25. The Labute approximate surface area is 111 Å². The van der Waals surface area contributed by atoms with Gasteiger partial charge in [-0.05, 0) is 50.1 Å². The Kier molecular flexibility index (Phi) is 4.24. The van der Waals surface area contributed by atoms with Crippen LogP contribution < -0.4 is 5.32 Å². The quantitative estimate of drug-likeness (QED) is 0.918. The number of halogens is 1. The van der Waals surface area contributed by atoms with Gasteiger partial charge in [0, 0.05) is 4.47 Å². The van der Waals surface area contributed by atoms with E-state index in [0.29, 0.717) is 0 Å². The summed E-state index contributed by atoms with van der Waals surface area (Å²) in [5, 5.41) is 3.34. The highest BCUT2D eigenvalue weighted by atomic mass is 79.9. The minimum absolute atomic E-state index is 0.160. The van der Waals surface area contributed by atoms with Crippen molar-refractivity contribution in [2.24, 2.45) is 0 Å². The van der Waals surface area contributed by atoms with Gasteiger partial charge < -0.3 is 10.1 Å². The number of nitrogens with one attached hydrogen (secondary N) is 1. The molecule has 1 heterocycles. The lowest BCUT2D eigenvalue weighted by atomic mass is 9.98. The Bertz CT molecular complexity index is 428. The molecule has 1 aliphatic heterocycles. The van der Waals surface area contributed by atoms with Gasteiger partial charge in [0.1, 0.15) is 5.76 Å². The number of rotatable bonds is 3. The summed E-state index contributed by atoms with van der Waals surface area (Å²) < 4.78 is 6.91. The third-order valence-electron chi connectivity index (χ3n) is 3.16. The molecular weight excluding hydrogens is 278 g/mol. The maximum absolute atomic E-state index is 5.76. The van der Waals surface area contributed by atoms with Crippen molar-refractivity contribution in [2.45, 2.75) is 25.8 Å². The van der Waals surface area contributed by atoms with Crippen LogP contribution in [0.3, 0.4) is 0 Å². The Hall–Kier alpha value is -0.800. The van der Waals surface area contributed by atoms with Gasteiger partial charge in [0.25, 0.3) is 0 Å². The molecule has 2 rings (SSSR count). The molecular formula is C14H18BrNO. The van der Waals surface area contributed by atoms with Crippen LogP contribution in [0.25, 0.3) is 0 Å². The van der Waals surface area contributed by atoms with E-state index in [1.165, 1.54) is 11.1 Å². The fourth-order valence-electron chi connectivity index (χ4n) is 2.17. The lowest BCUT2D eigenvalue weighted by Crippen LogP contribution is -2.22. The summed E-state index contributed by atoms with van der Waals surface area (Å²) >= 11 is 3.58. The predicted molar refractivity (Wildman–Crippen MR) is 73.9 cm³/mol. The van der Waals surface area contributed by atoms with E-state index < -0.39 is 0 Å². The van der Waals surface area contributed by atoms with E-state index in [1.807, 2.05) is 7.05 Å². The summed E-state index contributed by atoms with van der Waals surface area (Å²) in [6.07, 6.45) is 4.43. The van der Waals surface area contributed by atoms with Crippen LogP contribution in [0.1, 0.15) is 30.0 Å². The first-order chi connectivity index (χ1) is 8.24. The number of ether oxygens (including phenoxy) is 1. The second-order valence-corrected chi connectivity index (χ2v) is 5.13.